The molecule has 1 aliphatic rings. The number of hydrogen-bond acceptors (Lipinski definition) is 3. The molecule has 3 heterocycles. The monoisotopic (exact) mass is 302 g/mol. The molecule has 0 aromatic carbocycles. The lowest BCUT2D eigenvalue weighted by Gasteiger charge is -2.23. The van der Waals surface area contributed by atoms with E-state index in [2.05, 4.69) is 19.2 Å². The standard InChI is InChI=1S/C16H15NOS2/c1-17-10-12(8-14-4-2-6-19-14)16(18)13(11-17)9-15-5-3-7-20-15/h2-9H,10-11H2,1H3/p+1/b12-8-,13-9+. The molecule has 1 N–H and O–H groups in total. The normalized spacial score (nSPS) is 23.6. The van der Waals surface area contributed by atoms with Crippen LogP contribution in [0.15, 0.2) is 46.2 Å². The van der Waals surface area contributed by atoms with Crippen LogP contribution in [0.5, 0.6) is 0 Å². The average molecular weight is 302 g/mol. The van der Waals surface area contributed by atoms with E-state index in [1.807, 2.05) is 35.0 Å². The van der Waals surface area contributed by atoms with Crippen LogP contribution in [-0.2, 0) is 4.79 Å². The zero-order valence-electron chi connectivity index (χ0n) is 11.3. The number of likely N-dealkylation sites (tertiary alicyclic amines) is 1. The lowest BCUT2D eigenvalue weighted by molar-refractivity contribution is -0.870. The third-order valence-corrected chi connectivity index (χ3v) is 4.93. The molecule has 0 bridgehead atoms. The van der Waals surface area contributed by atoms with Gasteiger partial charge in [0, 0.05) is 9.75 Å². The van der Waals surface area contributed by atoms with Gasteiger partial charge in [-0.15, -0.1) is 22.7 Å². The van der Waals surface area contributed by atoms with Crippen LogP contribution in [0.3, 0.4) is 0 Å². The lowest BCUT2D eigenvalue weighted by atomic mass is 9.97. The third-order valence-electron chi connectivity index (χ3n) is 3.29. The molecule has 1 unspecified atom stereocenters. The number of rotatable bonds is 2. The summed E-state index contributed by atoms with van der Waals surface area (Å²) in [4.78, 5) is 16.2. The van der Waals surface area contributed by atoms with Gasteiger partial charge in [0.15, 0.2) is 5.78 Å². The maximum atomic E-state index is 12.6. The predicted octanol–water partition coefficient (Wildman–Crippen LogP) is 2.37. The van der Waals surface area contributed by atoms with Gasteiger partial charge in [0.25, 0.3) is 0 Å². The maximum Gasteiger partial charge on any atom is 0.196 e. The van der Waals surface area contributed by atoms with Crippen molar-refractivity contribution in [2.24, 2.45) is 0 Å². The van der Waals surface area contributed by atoms with E-state index in [1.165, 1.54) is 4.90 Å². The molecule has 0 radical (unpaired) electrons. The molecular formula is C16H16NOS2+. The van der Waals surface area contributed by atoms with Crippen molar-refractivity contribution in [3.05, 3.63) is 55.9 Å². The van der Waals surface area contributed by atoms with Gasteiger partial charge in [0.1, 0.15) is 13.1 Å². The SMILES string of the molecule is C[NH+]1C/C(=C/c2cccs2)C(=O)/C(=C/c2cccs2)C1. The highest BCUT2D eigenvalue weighted by Crippen LogP contribution is 2.19. The van der Waals surface area contributed by atoms with Crippen molar-refractivity contribution in [3.63, 3.8) is 0 Å². The minimum absolute atomic E-state index is 0.206. The number of piperidine rings is 1. The van der Waals surface area contributed by atoms with Gasteiger partial charge in [-0.3, -0.25) is 4.79 Å². The summed E-state index contributed by atoms with van der Waals surface area (Å²) in [7, 11) is 2.14. The van der Waals surface area contributed by atoms with Gasteiger partial charge in [-0.1, -0.05) is 12.1 Å². The Morgan fingerprint density at radius 3 is 1.90 bits per heavy atom. The van der Waals surface area contributed by atoms with Crippen LogP contribution in [0.2, 0.25) is 0 Å². The molecule has 0 aliphatic carbocycles. The van der Waals surface area contributed by atoms with Crippen LogP contribution in [0.4, 0.5) is 0 Å². The number of thiophene rings is 2. The Balaban J connectivity index is 1.92. The molecule has 1 atom stereocenters. The fourth-order valence-corrected chi connectivity index (χ4v) is 3.77. The van der Waals surface area contributed by atoms with E-state index in [0.717, 1.165) is 34.0 Å². The van der Waals surface area contributed by atoms with Crippen LogP contribution in [0.1, 0.15) is 9.75 Å². The molecule has 1 aliphatic heterocycles. The molecule has 102 valence electrons. The molecule has 2 aromatic rings. The zero-order valence-corrected chi connectivity index (χ0v) is 12.9. The summed E-state index contributed by atoms with van der Waals surface area (Å²) in [5, 5.41) is 4.08. The van der Waals surface area contributed by atoms with Crippen LogP contribution >= 0.6 is 22.7 Å². The largest absolute Gasteiger partial charge is 0.330 e. The van der Waals surface area contributed by atoms with Crippen molar-refractivity contribution in [1.82, 2.24) is 0 Å². The molecule has 2 nitrogen and oxygen atoms in total. The number of hydrogen-bond donors (Lipinski definition) is 1. The maximum absolute atomic E-state index is 12.6. The van der Waals surface area contributed by atoms with Crippen LogP contribution in [0, 0.1) is 0 Å². The van der Waals surface area contributed by atoms with Gasteiger partial charge in [-0.2, -0.15) is 0 Å². The number of carbonyl (C=O) groups excluding carboxylic acids is 1. The molecule has 2 aromatic heterocycles. The molecule has 0 saturated carbocycles. The first-order valence-corrected chi connectivity index (χ1v) is 8.32. The Morgan fingerprint density at radius 1 is 1.00 bits per heavy atom. The second-order valence-electron chi connectivity index (χ2n) is 5.01. The van der Waals surface area contributed by atoms with Crippen molar-refractivity contribution in [2.45, 2.75) is 0 Å². The molecule has 0 spiro atoms. The summed E-state index contributed by atoms with van der Waals surface area (Å²) in [5.74, 6) is 0.206. The van der Waals surface area contributed by atoms with Crippen molar-refractivity contribution in [1.29, 1.82) is 0 Å². The molecule has 1 fully saturated rings. The lowest BCUT2D eigenvalue weighted by Crippen LogP contribution is -3.10. The van der Waals surface area contributed by atoms with E-state index in [0.29, 0.717) is 0 Å². The summed E-state index contributed by atoms with van der Waals surface area (Å²) < 4.78 is 0. The third kappa shape index (κ3) is 2.98. The van der Waals surface area contributed by atoms with E-state index in [9.17, 15) is 4.79 Å². The van der Waals surface area contributed by atoms with Crippen LogP contribution in [-0.4, -0.2) is 25.9 Å². The fourth-order valence-electron chi connectivity index (χ4n) is 2.40. The second-order valence-corrected chi connectivity index (χ2v) is 6.97. The fraction of sp³-hybridized carbons (Fsp3) is 0.188. The number of carbonyl (C=O) groups is 1. The molecule has 0 amide bonds. The van der Waals surface area contributed by atoms with E-state index in [4.69, 9.17) is 0 Å². The first kappa shape index (κ1) is 13.5. The quantitative estimate of drug-likeness (QED) is 0.845. The average Bonchev–Trinajstić information content (AvgIpc) is 3.08. The van der Waals surface area contributed by atoms with E-state index in [-0.39, 0.29) is 5.78 Å². The van der Waals surface area contributed by atoms with E-state index >= 15 is 0 Å². The molecule has 4 heteroatoms. The molecular weight excluding hydrogens is 286 g/mol. The Bertz CT molecular complexity index is 594. The highest BCUT2D eigenvalue weighted by molar-refractivity contribution is 7.11. The highest BCUT2D eigenvalue weighted by Gasteiger charge is 2.27. The Hall–Kier alpha value is -1.49. The molecule has 3 rings (SSSR count). The first-order chi connectivity index (χ1) is 9.72. The van der Waals surface area contributed by atoms with Crippen molar-refractivity contribution < 1.29 is 9.69 Å². The number of nitrogens with one attached hydrogen (secondary N) is 1. The smallest absolute Gasteiger partial charge is 0.196 e. The van der Waals surface area contributed by atoms with Crippen molar-refractivity contribution >= 4 is 40.6 Å². The Morgan fingerprint density at radius 2 is 1.50 bits per heavy atom. The number of ketones is 1. The van der Waals surface area contributed by atoms with E-state index in [1.54, 1.807) is 22.7 Å². The number of Topliss-reactive ketones (excluding diaryl/α,β-unsaturated/α-hetero) is 1. The first-order valence-electron chi connectivity index (χ1n) is 6.56. The Kier molecular flexibility index (Phi) is 3.96. The summed E-state index contributed by atoms with van der Waals surface area (Å²) in [6, 6.07) is 8.14. The van der Waals surface area contributed by atoms with Crippen molar-refractivity contribution in [3.8, 4) is 0 Å². The van der Waals surface area contributed by atoms with Gasteiger partial charge in [0.05, 0.1) is 18.2 Å². The van der Waals surface area contributed by atoms with Gasteiger partial charge in [-0.25, -0.2) is 0 Å². The molecule has 1 saturated heterocycles. The zero-order chi connectivity index (χ0) is 13.9. The van der Waals surface area contributed by atoms with Gasteiger partial charge in [0.2, 0.25) is 0 Å². The predicted molar refractivity (Wildman–Crippen MR) is 86.2 cm³/mol. The van der Waals surface area contributed by atoms with Crippen molar-refractivity contribution in [2.75, 3.05) is 20.1 Å². The summed E-state index contributed by atoms with van der Waals surface area (Å²) >= 11 is 3.34. The van der Waals surface area contributed by atoms with Gasteiger partial charge < -0.3 is 4.90 Å². The second kappa shape index (κ2) is 5.87. The molecule has 20 heavy (non-hydrogen) atoms. The topological polar surface area (TPSA) is 21.5 Å². The van der Waals surface area contributed by atoms with Gasteiger partial charge in [-0.05, 0) is 35.0 Å². The summed E-state index contributed by atoms with van der Waals surface area (Å²) in [6.07, 6.45) is 4.08. The Labute approximate surface area is 126 Å². The number of quaternary nitrogens is 1. The highest BCUT2D eigenvalue weighted by atomic mass is 32.1. The number of likely N-dealkylation sites (N-methyl/N-ethyl adjacent to an activating group) is 1. The van der Waals surface area contributed by atoms with E-state index < -0.39 is 0 Å². The minimum Gasteiger partial charge on any atom is -0.330 e. The minimum atomic E-state index is 0.206. The summed E-state index contributed by atoms with van der Waals surface area (Å²) in [5.41, 5.74) is 1.83. The van der Waals surface area contributed by atoms with Gasteiger partial charge >= 0.3 is 0 Å². The van der Waals surface area contributed by atoms with Crippen LogP contribution in [0.25, 0.3) is 12.2 Å². The van der Waals surface area contributed by atoms with Crippen LogP contribution < -0.4 is 4.90 Å². The summed E-state index contributed by atoms with van der Waals surface area (Å²) in [6.45, 7) is 1.61.